The monoisotopic (exact) mass is 255 g/mol. The Morgan fingerprint density at radius 3 is 2.44 bits per heavy atom. The first-order chi connectivity index (χ1) is 8.36. The molecule has 1 saturated heterocycles. The summed E-state index contributed by atoms with van der Waals surface area (Å²) in [5.41, 5.74) is 5.32. The Kier molecular flexibility index (Phi) is 5.60. The molecular weight excluding hydrogens is 226 g/mol. The first-order valence-corrected chi connectivity index (χ1v) is 7.20. The van der Waals surface area contributed by atoms with Gasteiger partial charge in [-0.1, -0.05) is 13.3 Å². The third-order valence-electron chi connectivity index (χ3n) is 3.88. The largest absolute Gasteiger partial charge is 0.352 e. The summed E-state index contributed by atoms with van der Waals surface area (Å²) in [6, 6.07) is 0.897. The molecule has 1 aliphatic rings. The summed E-state index contributed by atoms with van der Waals surface area (Å²) in [6.45, 7) is 10.5. The molecule has 4 nitrogen and oxygen atoms in total. The maximum Gasteiger partial charge on any atom is 0.240 e. The van der Waals surface area contributed by atoms with Crippen LogP contribution in [-0.4, -0.2) is 41.5 Å². The van der Waals surface area contributed by atoms with E-state index < -0.39 is 5.54 Å². The molecular formula is C14H29N3O. The van der Waals surface area contributed by atoms with E-state index in [1.54, 1.807) is 0 Å². The van der Waals surface area contributed by atoms with Crippen LogP contribution in [0, 0.1) is 0 Å². The molecule has 1 heterocycles. The molecule has 0 radical (unpaired) electrons. The minimum Gasteiger partial charge on any atom is -0.352 e. The smallest absolute Gasteiger partial charge is 0.240 e. The van der Waals surface area contributed by atoms with Crippen LogP contribution >= 0.6 is 0 Å². The minimum atomic E-state index is -0.718. The van der Waals surface area contributed by atoms with Gasteiger partial charge < -0.3 is 16.0 Å². The third kappa shape index (κ3) is 4.25. The van der Waals surface area contributed by atoms with E-state index in [0.717, 1.165) is 38.8 Å². The Balaban J connectivity index is 2.39. The number of hydrogen-bond acceptors (Lipinski definition) is 3. The maximum absolute atomic E-state index is 12.1. The van der Waals surface area contributed by atoms with Crippen molar-refractivity contribution >= 4 is 5.91 Å². The van der Waals surface area contributed by atoms with Gasteiger partial charge in [0.1, 0.15) is 0 Å². The van der Waals surface area contributed by atoms with Gasteiger partial charge in [-0.05, 0) is 40.0 Å². The SMILES string of the molecule is CCCC(C)(N)C(=O)NC1CCN(C(C)C)CC1. The van der Waals surface area contributed by atoms with Gasteiger partial charge in [-0.3, -0.25) is 4.79 Å². The molecule has 0 spiro atoms. The zero-order valence-corrected chi connectivity index (χ0v) is 12.3. The maximum atomic E-state index is 12.1. The van der Waals surface area contributed by atoms with E-state index in [1.807, 2.05) is 6.92 Å². The van der Waals surface area contributed by atoms with Gasteiger partial charge in [-0.25, -0.2) is 0 Å². The van der Waals surface area contributed by atoms with Crippen molar-refractivity contribution in [2.75, 3.05) is 13.1 Å². The number of likely N-dealkylation sites (tertiary alicyclic amines) is 1. The van der Waals surface area contributed by atoms with E-state index in [2.05, 4.69) is 31.0 Å². The van der Waals surface area contributed by atoms with E-state index in [-0.39, 0.29) is 5.91 Å². The number of carbonyl (C=O) groups excluding carboxylic acids is 1. The van der Waals surface area contributed by atoms with E-state index in [9.17, 15) is 4.79 Å². The average Bonchev–Trinajstić information content (AvgIpc) is 2.29. The standard InChI is InChI=1S/C14H29N3O/c1-5-8-14(4,15)13(18)16-12-6-9-17(10-7-12)11(2)3/h11-12H,5-10,15H2,1-4H3,(H,16,18). The first-order valence-electron chi connectivity index (χ1n) is 7.20. The van der Waals surface area contributed by atoms with Gasteiger partial charge in [0.05, 0.1) is 5.54 Å². The van der Waals surface area contributed by atoms with Gasteiger partial charge in [0.15, 0.2) is 0 Å². The lowest BCUT2D eigenvalue weighted by Gasteiger charge is -2.36. The molecule has 18 heavy (non-hydrogen) atoms. The number of amides is 1. The highest BCUT2D eigenvalue weighted by Crippen LogP contribution is 2.15. The first kappa shape index (κ1) is 15.4. The zero-order valence-electron chi connectivity index (χ0n) is 12.3. The Morgan fingerprint density at radius 1 is 1.44 bits per heavy atom. The normalized spacial score (nSPS) is 21.9. The van der Waals surface area contributed by atoms with Crippen LogP contribution in [0.15, 0.2) is 0 Å². The number of nitrogens with two attached hydrogens (primary N) is 1. The van der Waals surface area contributed by atoms with Crippen LogP contribution in [0.1, 0.15) is 53.4 Å². The van der Waals surface area contributed by atoms with Crippen LogP contribution in [0.5, 0.6) is 0 Å². The second-order valence-electron chi connectivity index (χ2n) is 6.04. The van der Waals surface area contributed by atoms with Crippen molar-refractivity contribution in [3.05, 3.63) is 0 Å². The number of hydrogen-bond donors (Lipinski definition) is 2. The molecule has 106 valence electrons. The molecule has 0 aromatic rings. The van der Waals surface area contributed by atoms with Crippen LogP contribution < -0.4 is 11.1 Å². The number of rotatable bonds is 5. The Labute approximate surface area is 111 Å². The van der Waals surface area contributed by atoms with Crippen LogP contribution in [0.3, 0.4) is 0 Å². The quantitative estimate of drug-likeness (QED) is 0.782. The molecule has 1 unspecified atom stereocenters. The van der Waals surface area contributed by atoms with Crippen molar-refractivity contribution in [1.82, 2.24) is 10.2 Å². The van der Waals surface area contributed by atoms with Crippen LogP contribution in [-0.2, 0) is 4.79 Å². The fourth-order valence-electron chi connectivity index (χ4n) is 2.54. The Hall–Kier alpha value is -0.610. The van der Waals surface area contributed by atoms with Gasteiger partial charge in [0.25, 0.3) is 0 Å². The van der Waals surface area contributed by atoms with Crippen molar-refractivity contribution in [2.45, 2.75) is 71.0 Å². The second-order valence-corrected chi connectivity index (χ2v) is 6.04. The Morgan fingerprint density at radius 2 is 2.00 bits per heavy atom. The van der Waals surface area contributed by atoms with E-state index >= 15 is 0 Å². The number of nitrogens with zero attached hydrogens (tertiary/aromatic N) is 1. The summed E-state index contributed by atoms with van der Waals surface area (Å²) < 4.78 is 0. The molecule has 0 bridgehead atoms. The molecule has 3 N–H and O–H groups in total. The number of carbonyl (C=O) groups is 1. The number of piperidine rings is 1. The second kappa shape index (κ2) is 6.53. The van der Waals surface area contributed by atoms with Gasteiger partial charge in [-0.15, -0.1) is 0 Å². The fourth-order valence-corrected chi connectivity index (χ4v) is 2.54. The van der Waals surface area contributed by atoms with E-state index in [1.165, 1.54) is 0 Å². The highest BCUT2D eigenvalue weighted by atomic mass is 16.2. The lowest BCUT2D eigenvalue weighted by Crippen LogP contribution is -2.56. The third-order valence-corrected chi connectivity index (χ3v) is 3.88. The molecule has 1 aliphatic heterocycles. The molecule has 0 saturated carbocycles. The molecule has 1 fully saturated rings. The molecule has 4 heteroatoms. The molecule has 1 amide bonds. The van der Waals surface area contributed by atoms with Crippen molar-refractivity contribution in [2.24, 2.45) is 5.73 Å². The highest BCUT2D eigenvalue weighted by molar-refractivity contribution is 5.85. The fraction of sp³-hybridized carbons (Fsp3) is 0.929. The molecule has 0 aliphatic carbocycles. The summed E-state index contributed by atoms with van der Waals surface area (Å²) in [4.78, 5) is 14.5. The van der Waals surface area contributed by atoms with E-state index in [4.69, 9.17) is 5.73 Å². The van der Waals surface area contributed by atoms with Crippen molar-refractivity contribution in [3.63, 3.8) is 0 Å². The molecule has 1 rings (SSSR count). The average molecular weight is 255 g/mol. The van der Waals surface area contributed by atoms with Gasteiger partial charge in [-0.2, -0.15) is 0 Å². The lowest BCUT2D eigenvalue weighted by molar-refractivity contribution is -0.127. The summed E-state index contributed by atoms with van der Waals surface area (Å²) in [5, 5.41) is 3.11. The number of nitrogens with one attached hydrogen (secondary N) is 1. The predicted molar refractivity (Wildman–Crippen MR) is 75.4 cm³/mol. The molecule has 0 aromatic carbocycles. The molecule has 1 atom stereocenters. The molecule has 0 aromatic heterocycles. The van der Waals surface area contributed by atoms with E-state index in [0.29, 0.717) is 12.1 Å². The van der Waals surface area contributed by atoms with Crippen LogP contribution in [0.4, 0.5) is 0 Å². The summed E-state index contributed by atoms with van der Waals surface area (Å²) >= 11 is 0. The topological polar surface area (TPSA) is 58.4 Å². The minimum absolute atomic E-state index is 0.00680. The zero-order chi connectivity index (χ0) is 13.8. The van der Waals surface area contributed by atoms with Crippen molar-refractivity contribution in [1.29, 1.82) is 0 Å². The summed E-state index contributed by atoms with van der Waals surface area (Å²) in [5.74, 6) is 0.00680. The van der Waals surface area contributed by atoms with Crippen LogP contribution in [0.25, 0.3) is 0 Å². The van der Waals surface area contributed by atoms with Gasteiger partial charge in [0.2, 0.25) is 5.91 Å². The van der Waals surface area contributed by atoms with Gasteiger partial charge >= 0.3 is 0 Å². The van der Waals surface area contributed by atoms with Crippen molar-refractivity contribution in [3.8, 4) is 0 Å². The predicted octanol–water partition coefficient (Wildman–Crippen LogP) is 1.49. The summed E-state index contributed by atoms with van der Waals surface area (Å²) in [6.07, 6.45) is 3.74. The van der Waals surface area contributed by atoms with Gasteiger partial charge in [0, 0.05) is 25.2 Å². The highest BCUT2D eigenvalue weighted by Gasteiger charge is 2.30. The summed E-state index contributed by atoms with van der Waals surface area (Å²) in [7, 11) is 0. The van der Waals surface area contributed by atoms with Crippen LogP contribution in [0.2, 0.25) is 0 Å². The van der Waals surface area contributed by atoms with Crippen molar-refractivity contribution < 1.29 is 4.79 Å². The lowest BCUT2D eigenvalue weighted by atomic mass is 9.95. The Bertz CT molecular complexity index is 268.